The lowest BCUT2D eigenvalue weighted by molar-refractivity contribution is -0.384. The van der Waals surface area contributed by atoms with Crippen LogP contribution in [-0.2, 0) is 0 Å². The highest BCUT2D eigenvalue weighted by molar-refractivity contribution is 7.80. The minimum atomic E-state index is -0.473. The molecule has 1 rings (SSSR count). The van der Waals surface area contributed by atoms with E-state index in [4.69, 9.17) is 18.0 Å². The number of hydrogen-bond donors (Lipinski definition) is 2. The van der Waals surface area contributed by atoms with Crippen LogP contribution in [0, 0.1) is 10.1 Å². The average Bonchev–Trinajstić information content (AvgIpc) is 2.20. The fourth-order valence-corrected chi connectivity index (χ4v) is 1.11. The van der Waals surface area contributed by atoms with Crippen LogP contribution >= 0.6 is 12.2 Å². The number of rotatable bonds is 3. The number of nitrogens with zero attached hydrogens (tertiary/aromatic N) is 1. The van der Waals surface area contributed by atoms with Crippen molar-refractivity contribution < 1.29 is 4.92 Å². The van der Waals surface area contributed by atoms with Gasteiger partial charge in [0.2, 0.25) is 0 Å². The first-order valence-corrected chi connectivity index (χ1v) is 4.79. The Kier molecular flexibility index (Phi) is 3.56. The summed E-state index contributed by atoms with van der Waals surface area (Å²) in [5, 5.41) is 13.4. The first-order valence-electron chi connectivity index (χ1n) is 4.38. The molecule has 0 spiro atoms. The summed E-state index contributed by atoms with van der Waals surface area (Å²) in [5.41, 5.74) is 6.56. The van der Waals surface area contributed by atoms with E-state index in [0.29, 0.717) is 22.8 Å². The maximum atomic E-state index is 10.5. The van der Waals surface area contributed by atoms with Gasteiger partial charge in [0.25, 0.3) is 5.69 Å². The Morgan fingerprint density at radius 2 is 2.33 bits per heavy atom. The average molecular weight is 225 g/mol. The molecule has 0 aliphatic rings. The smallest absolute Gasteiger partial charge is 0.271 e. The maximum Gasteiger partial charge on any atom is 0.271 e. The number of nitrogen functional groups attached to an aromatic ring is 1. The second-order valence-electron chi connectivity index (χ2n) is 2.93. The van der Waals surface area contributed by atoms with Gasteiger partial charge in [0.15, 0.2) is 0 Å². The quantitative estimate of drug-likeness (QED) is 0.357. The molecular formula is C9H11N3O2S. The highest BCUT2D eigenvalue weighted by Crippen LogP contribution is 2.24. The first kappa shape index (κ1) is 11.4. The van der Waals surface area contributed by atoms with Crippen molar-refractivity contribution in [3.8, 4) is 0 Å². The van der Waals surface area contributed by atoms with Gasteiger partial charge in [-0.05, 0) is 12.5 Å². The highest BCUT2D eigenvalue weighted by Gasteiger charge is 2.09. The van der Waals surface area contributed by atoms with E-state index < -0.39 is 4.92 Å². The van der Waals surface area contributed by atoms with Crippen LogP contribution in [0.3, 0.4) is 0 Å². The zero-order chi connectivity index (χ0) is 11.4. The number of nitro benzene ring substituents is 1. The van der Waals surface area contributed by atoms with Crippen molar-refractivity contribution in [1.29, 1.82) is 0 Å². The molecule has 0 aliphatic carbocycles. The molecular weight excluding hydrogens is 214 g/mol. The lowest BCUT2D eigenvalue weighted by Gasteiger charge is -2.08. The summed E-state index contributed by atoms with van der Waals surface area (Å²) < 4.78 is 0. The molecule has 0 aliphatic heterocycles. The Morgan fingerprint density at radius 1 is 1.67 bits per heavy atom. The van der Waals surface area contributed by atoms with E-state index >= 15 is 0 Å². The normalized spacial score (nSPS) is 9.67. The molecule has 5 nitrogen and oxygen atoms in total. The summed E-state index contributed by atoms with van der Waals surface area (Å²) in [6.07, 6.45) is 0.664. The van der Waals surface area contributed by atoms with Gasteiger partial charge in [0.05, 0.1) is 21.3 Å². The van der Waals surface area contributed by atoms with Crippen molar-refractivity contribution in [2.75, 3.05) is 11.1 Å². The topological polar surface area (TPSA) is 81.2 Å². The van der Waals surface area contributed by atoms with Crippen LogP contribution in [0.25, 0.3) is 0 Å². The number of benzene rings is 1. The monoisotopic (exact) mass is 225 g/mol. The third kappa shape index (κ3) is 2.88. The molecule has 6 heteroatoms. The van der Waals surface area contributed by atoms with Crippen LogP contribution in [-0.4, -0.2) is 9.91 Å². The minimum Gasteiger partial charge on any atom is -0.397 e. The van der Waals surface area contributed by atoms with Crippen molar-refractivity contribution in [2.45, 2.75) is 13.3 Å². The lowest BCUT2D eigenvalue weighted by Crippen LogP contribution is -2.09. The fraction of sp³-hybridized carbons (Fsp3) is 0.222. The van der Waals surface area contributed by atoms with Crippen LogP contribution < -0.4 is 11.1 Å². The summed E-state index contributed by atoms with van der Waals surface area (Å²) in [6.45, 7) is 1.89. The number of hydrogen-bond acceptors (Lipinski definition) is 4. The van der Waals surface area contributed by atoms with Gasteiger partial charge in [-0.1, -0.05) is 19.1 Å². The Bertz CT molecular complexity index is 406. The van der Waals surface area contributed by atoms with Crippen molar-refractivity contribution in [2.24, 2.45) is 0 Å². The van der Waals surface area contributed by atoms with Crippen molar-refractivity contribution >= 4 is 34.3 Å². The maximum absolute atomic E-state index is 10.5. The van der Waals surface area contributed by atoms with E-state index in [-0.39, 0.29) is 5.69 Å². The number of anilines is 2. The predicted molar refractivity (Wildman–Crippen MR) is 64.0 cm³/mol. The Morgan fingerprint density at radius 3 is 2.87 bits per heavy atom. The number of non-ortho nitro benzene ring substituents is 1. The van der Waals surface area contributed by atoms with Crippen LogP contribution in [0.15, 0.2) is 18.2 Å². The minimum absolute atomic E-state index is 0.00870. The van der Waals surface area contributed by atoms with Crippen LogP contribution in [0.5, 0.6) is 0 Å². The number of nitro groups is 1. The van der Waals surface area contributed by atoms with Gasteiger partial charge in [-0.15, -0.1) is 0 Å². The van der Waals surface area contributed by atoms with E-state index in [0.717, 1.165) is 0 Å². The number of thiocarbonyl (C=S) groups is 1. The van der Waals surface area contributed by atoms with Gasteiger partial charge in [-0.2, -0.15) is 0 Å². The van der Waals surface area contributed by atoms with E-state index in [1.165, 1.54) is 18.2 Å². The summed E-state index contributed by atoms with van der Waals surface area (Å²) in [6, 6.07) is 4.21. The van der Waals surface area contributed by atoms with Gasteiger partial charge < -0.3 is 11.1 Å². The molecule has 80 valence electrons. The molecule has 0 heterocycles. The lowest BCUT2D eigenvalue weighted by atomic mass is 10.2. The molecule has 0 aromatic heterocycles. The van der Waals surface area contributed by atoms with E-state index in [1.54, 1.807) is 0 Å². The zero-order valence-corrected chi connectivity index (χ0v) is 9.00. The van der Waals surface area contributed by atoms with Gasteiger partial charge in [-0.3, -0.25) is 10.1 Å². The summed E-state index contributed by atoms with van der Waals surface area (Å²) in [7, 11) is 0. The van der Waals surface area contributed by atoms with Gasteiger partial charge in [-0.25, -0.2) is 0 Å². The van der Waals surface area contributed by atoms with E-state index in [1.807, 2.05) is 6.92 Å². The molecule has 0 saturated heterocycles. The molecule has 0 atom stereocenters. The molecule has 1 aromatic rings. The van der Waals surface area contributed by atoms with E-state index in [9.17, 15) is 10.1 Å². The van der Waals surface area contributed by atoms with Crippen molar-refractivity contribution in [3.63, 3.8) is 0 Å². The molecule has 1 aromatic carbocycles. The van der Waals surface area contributed by atoms with Crippen LogP contribution in [0.2, 0.25) is 0 Å². The van der Waals surface area contributed by atoms with Gasteiger partial charge in [0, 0.05) is 12.1 Å². The SMILES string of the molecule is CCC(=S)Nc1cc([N+](=O)[O-])ccc1N. The Balaban J connectivity index is 3.00. The standard InChI is InChI=1S/C9H11N3O2S/c1-2-9(15)11-8-5-6(12(13)14)3-4-7(8)10/h3-5H,2,10H2,1H3,(H,11,15). The largest absolute Gasteiger partial charge is 0.397 e. The molecule has 0 saturated carbocycles. The van der Waals surface area contributed by atoms with Gasteiger partial charge >= 0.3 is 0 Å². The third-order valence-electron chi connectivity index (χ3n) is 1.84. The second-order valence-corrected chi connectivity index (χ2v) is 3.42. The van der Waals surface area contributed by atoms with Crippen LogP contribution in [0.4, 0.5) is 17.1 Å². The molecule has 0 amide bonds. The van der Waals surface area contributed by atoms with Crippen LogP contribution in [0.1, 0.15) is 13.3 Å². The highest BCUT2D eigenvalue weighted by atomic mass is 32.1. The van der Waals surface area contributed by atoms with Gasteiger partial charge in [0.1, 0.15) is 0 Å². The van der Waals surface area contributed by atoms with Crippen molar-refractivity contribution in [3.05, 3.63) is 28.3 Å². The number of nitrogens with two attached hydrogens (primary N) is 1. The zero-order valence-electron chi connectivity index (χ0n) is 8.19. The molecule has 0 fully saturated rings. The molecule has 0 unspecified atom stereocenters. The van der Waals surface area contributed by atoms with E-state index in [2.05, 4.69) is 5.32 Å². The molecule has 0 bridgehead atoms. The number of nitrogens with one attached hydrogen (secondary N) is 1. The van der Waals surface area contributed by atoms with Crippen molar-refractivity contribution in [1.82, 2.24) is 0 Å². The fourth-order valence-electron chi connectivity index (χ4n) is 1.00. The molecule has 0 radical (unpaired) electrons. The third-order valence-corrected chi connectivity index (χ3v) is 2.23. The molecule has 15 heavy (non-hydrogen) atoms. The predicted octanol–water partition coefficient (Wildman–Crippen LogP) is 2.33. The Hall–Kier alpha value is -1.69. The summed E-state index contributed by atoms with van der Waals surface area (Å²) >= 11 is 4.97. The first-order chi connectivity index (χ1) is 7.04. The molecule has 3 N–H and O–H groups in total. The Labute approximate surface area is 92.4 Å². The second kappa shape index (κ2) is 4.70. The summed E-state index contributed by atoms with van der Waals surface area (Å²) in [4.78, 5) is 10.7. The summed E-state index contributed by atoms with van der Waals surface area (Å²) in [5.74, 6) is 0.